The number of unbranched alkanes of at least 4 members (excludes halogenated alkanes) is 2. The van der Waals surface area contributed by atoms with Crippen LogP contribution in [-0.2, 0) is 14.3 Å². The number of benzene rings is 1. The van der Waals surface area contributed by atoms with E-state index in [1.54, 1.807) is 25.3 Å². The van der Waals surface area contributed by atoms with Crippen LogP contribution in [0.4, 0.5) is 0 Å². The van der Waals surface area contributed by atoms with Gasteiger partial charge in [-0.1, -0.05) is 30.5 Å². The van der Waals surface area contributed by atoms with E-state index >= 15 is 0 Å². The first-order valence-corrected chi connectivity index (χ1v) is 10.2. The Morgan fingerprint density at radius 2 is 1.87 bits per heavy atom. The van der Waals surface area contributed by atoms with E-state index in [1.807, 2.05) is 6.92 Å². The van der Waals surface area contributed by atoms with E-state index in [0.717, 1.165) is 18.4 Å². The predicted octanol–water partition coefficient (Wildman–Crippen LogP) is 2.24. The standard InChI is InChI=1S/C22H30N2O6/c1-14-12-17(24(13-14)21(28)16-9-6-7-10-18(16)25)22(29)30-15(2)8-4-3-5-11-19(26)20(23)27/h6-7,9-10,13,15,17,19,25-26H,3-5,8,11-12H2,1-2H3,(H2,23,27)/t15-,17+,19-/m1/s1. The van der Waals surface area contributed by atoms with E-state index in [4.69, 9.17) is 10.5 Å². The zero-order valence-electron chi connectivity index (χ0n) is 17.4. The second-order valence-corrected chi connectivity index (χ2v) is 7.73. The number of carbonyl (C=O) groups excluding carboxylic acids is 3. The topological polar surface area (TPSA) is 130 Å². The van der Waals surface area contributed by atoms with E-state index in [-0.39, 0.29) is 17.4 Å². The molecule has 0 aromatic heterocycles. The van der Waals surface area contributed by atoms with Crippen LogP contribution in [0.15, 0.2) is 36.0 Å². The van der Waals surface area contributed by atoms with Crippen LogP contribution in [0.1, 0.15) is 62.7 Å². The molecule has 1 aromatic rings. The Bertz CT molecular complexity index is 807. The second-order valence-electron chi connectivity index (χ2n) is 7.73. The first kappa shape index (κ1) is 23.4. The molecular formula is C22H30N2O6. The summed E-state index contributed by atoms with van der Waals surface area (Å²) in [5.74, 6) is -1.79. The van der Waals surface area contributed by atoms with Gasteiger partial charge in [-0.15, -0.1) is 0 Å². The number of nitrogens with two attached hydrogens (primary N) is 1. The fraction of sp³-hybridized carbons (Fsp3) is 0.500. The molecule has 0 unspecified atom stereocenters. The molecule has 0 spiro atoms. The third-order valence-electron chi connectivity index (χ3n) is 5.09. The smallest absolute Gasteiger partial charge is 0.329 e. The van der Waals surface area contributed by atoms with Crippen molar-refractivity contribution < 1.29 is 29.3 Å². The molecule has 0 saturated carbocycles. The Labute approximate surface area is 176 Å². The number of primary amides is 1. The van der Waals surface area contributed by atoms with Gasteiger partial charge < -0.3 is 25.6 Å². The number of esters is 1. The molecule has 1 aliphatic rings. The Morgan fingerprint density at radius 3 is 2.53 bits per heavy atom. The Hall–Kier alpha value is -2.87. The maximum atomic E-state index is 12.8. The van der Waals surface area contributed by atoms with Gasteiger partial charge in [-0.2, -0.15) is 0 Å². The number of phenolic OH excluding ortho intramolecular Hbond substituents is 1. The SMILES string of the molecule is CC1=CN(C(=O)c2ccccc2O)[C@H](C(=O)O[C@H](C)CCCCC[C@@H](O)C(N)=O)C1. The predicted molar refractivity (Wildman–Crippen MR) is 110 cm³/mol. The van der Waals surface area contributed by atoms with Gasteiger partial charge in [-0.05, 0) is 45.2 Å². The normalized spacial score (nSPS) is 17.9. The van der Waals surface area contributed by atoms with Gasteiger partial charge in [0.25, 0.3) is 5.91 Å². The number of hydrogen-bond donors (Lipinski definition) is 3. The summed E-state index contributed by atoms with van der Waals surface area (Å²) in [6.45, 7) is 3.63. The Morgan fingerprint density at radius 1 is 1.20 bits per heavy atom. The number of rotatable bonds is 10. The lowest BCUT2D eigenvalue weighted by molar-refractivity contribution is -0.152. The van der Waals surface area contributed by atoms with Crippen LogP contribution in [0, 0.1) is 0 Å². The number of para-hydroxylation sites is 1. The molecule has 0 bridgehead atoms. The minimum absolute atomic E-state index is 0.132. The summed E-state index contributed by atoms with van der Waals surface area (Å²) in [5, 5.41) is 19.3. The van der Waals surface area contributed by atoms with Crippen molar-refractivity contribution in [1.29, 1.82) is 0 Å². The van der Waals surface area contributed by atoms with Crippen molar-refractivity contribution in [1.82, 2.24) is 4.90 Å². The number of aliphatic hydroxyl groups excluding tert-OH is 1. The van der Waals surface area contributed by atoms with Crippen LogP contribution in [-0.4, -0.2) is 51.1 Å². The summed E-state index contributed by atoms with van der Waals surface area (Å²) >= 11 is 0. The summed E-state index contributed by atoms with van der Waals surface area (Å²) in [6, 6.07) is 5.46. The highest BCUT2D eigenvalue weighted by Crippen LogP contribution is 2.27. The fourth-order valence-corrected chi connectivity index (χ4v) is 3.40. The van der Waals surface area contributed by atoms with Crippen LogP contribution in [0.2, 0.25) is 0 Å². The number of hydrogen-bond acceptors (Lipinski definition) is 6. The highest BCUT2D eigenvalue weighted by atomic mass is 16.5. The first-order chi connectivity index (χ1) is 14.2. The molecule has 30 heavy (non-hydrogen) atoms. The van der Waals surface area contributed by atoms with E-state index in [1.165, 1.54) is 17.0 Å². The third kappa shape index (κ3) is 6.32. The van der Waals surface area contributed by atoms with Gasteiger partial charge in [0.1, 0.15) is 17.9 Å². The van der Waals surface area contributed by atoms with Crippen molar-refractivity contribution in [3.63, 3.8) is 0 Å². The summed E-state index contributed by atoms with van der Waals surface area (Å²) in [4.78, 5) is 37.6. The van der Waals surface area contributed by atoms with Crippen molar-refractivity contribution in [2.24, 2.45) is 5.73 Å². The average molecular weight is 418 g/mol. The first-order valence-electron chi connectivity index (χ1n) is 10.2. The quantitative estimate of drug-likeness (QED) is 0.395. The van der Waals surface area contributed by atoms with E-state index in [2.05, 4.69) is 0 Å². The molecule has 1 aromatic carbocycles. The van der Waals surface area contributed by atoms with Crippen molar-refractivity contribution in [3.8, 4) is 5.75 Å². The molecular weight excluding hydrogens is 388 g/mol. The van der Waals surface area contributed by atoms with Gasteiger partial charge in [0.05, 0.1) is 11.7 Å². The van der Waals surface area contributed by atoms with Gasteiger partial charge in [0.15, 0.2) is 0 Å². The third-order valence-corrected chi connectivity index (χ3v) is 5.09. The zero-order chi connectivity index (χ0) is 22.3. The van der Waals surface area contributed by atoms with Crippen LogP contribution in [0.25, 0.3) is 0 Å². The van der Waals surface area contributed by atoms with Gasteiger partial charge in [-0.25, -0.2) is 4.79 Å². The number of nitrogens with zero attached hydrogens (tertiary/aromatic N) is 1. The number of aromatic hydroxyl groups is 1. The van der Waals surface area contributed by atoms with E-state index in [9.17, 15) is 24.6 Å². The molecule has 4 N–H and O–H groups in total. The highest BCUT2D eigenvalue weighted by Gasteiger charge is 2.36. The monoisotopic (exact) mass is 418 g/mol. The molecule has 1 aliphatic heterocycles. The molecule has 8 nitrogen and oxygen atoms in total. The van der Waals surface area contributed by atoms with Crippen LogP contribution in [0.5, 0.6) is 5.75 Å². The van der Waals surface area contributed by atoms with Crippen LogP contribution < -0.4 is 5.73 Å². The summed E-state index contributed by atoms with van der Waals surface area (Å²) < 4.78 is 5.54. The molecule has 0 saturated heterocycles. The second kappa shape index (κ2) is 10.8. The molecule has 3 atom stereocenters. The molecule has 2 rings (SSSR count). The van der Waals surface area contributed by atoms with Crippen molar-refractivity contribution in [2.45, 2.75) is 70.6 Å². The maximum Gasteiger partial charge on any atom is 0.329 e. The van der Waals surface area contributed by atoms with Crippen molar-refractivity contribution >= 4 is 17.8 Å². The lowest BCUT2D eigenvalue weighted by Gasteiger charge is -2.24. The Balaban J connectivity index is 1.85. The highest BCUT2D eigenvalue weighted by molar-refractivity contribution is 6.00. The van der Waals surface area contributed by atoms with Crippen LogP contribution >= 0.6 is 0 Å². The summed E-state index contributed by atoms with van der Waals surface area (Å²) in [5.41, 5.74) is 6.02. The lowest BCUT2D eigenvalue weighted by atomic mass is 10.1. The molecule has 0 aliphatic carbocycles. The van der Waals surface area contributed by atoms with Crippen LogP contribution in [0.3, 0.4) is 0 Å². The Kier molecular flexibility index (Phi) is 8.41. The number of carbonyl (C=O) groups is 3. The zero-order valence-corrected chi connectivity index (χ0v) is 17.4. The lowest BCUT2D eigenvalue weighted by Crippen LogP contribution is -2.40. The molecule has 0 radical (unpaired) electrons. The van der Waals surface area contributed by atoms with E-state index < -0.39 is 29.9 Å². The van der Waals surface area contributed by atoms with Crippen molar-refractivity contribution in [3.05, 3.63) is 41.6 Å². The number of phenols is 1. The maximum absolute atomic E-state index is 12.8. The van der Waals surface area contributed by atoms with Gasteiger partial charge in [0, 0.05) is 12.6 Å². The molecule has 1 heterocycles. The average Bonchev–Trinajstić information content (AvgIpc) is 3.09. The number of ether oxygens (including phenoxy) is 1. The minimum atomic E-state index is -1.12. The summed E-state index contributed by atoms with van der Waals surface area (Å²) in [7, 11) is 0. The molecule has 2 amide bonds. The summed E-state index contributed by atoms with van der Waals surface area (Å²) in [6.07, 6.45) is 3.69. The number of aliphatic hydroxyl groups is 1. The van der Waals surface area contributed by atoms with E-state index in [0.29, 0.717) is 25.7 Å². The van der Waals surface area contributed by atoms with Gasteiger partial charge in [0.2, 0.25) is 5.91 Å². The van der Waals surface area contributed by atoms with Gasteiger partial charge >= 0.3 is 5.97 Å². The van der Waals surface area contributed by atoms with Crippen molar-refractivity contribution in [2.75, 3.05) is 0 Å². The molecule has 8 heteroatoms. The fourth-order valence-electron chi connectivity index (χ4n) is 3.40. The molecule has 0 fully saturated rings. The largest absolute Gasteiger partial charge is 0.507 e. The molecule has 164 valence electrons. The minimum Gasteiger partial charge on any atom is -0.507 e. The van der Waals surface area contributed by atoms with Gasteiger partial charge in [-0.3, -0.25) is 9.59 Å². The number of amides is 2.